The van der Waals surface area contributed by atoms with Crippen LogP contribution in [0.3, 0.4) is 0 Å². The Bertz CT molecular complexity index is 1270. The fraction of sp³-hybridized carbons (Fsp3) is 0.583. The van der Waals surface area contributed by atoms with Gasteiger partial charge in [-0.05, 0) is 42.5 Å². The molecule has 1 aromatic carbocycles. The summed E-state index contributed by atoms with van der Waals surface area (Å²) in [5.41, 5.74) is 2.10. The number of carbonyl (C=O) groups is 1. The molecule has 45 heavy (non-hydrogen) atoms. The van der Waals surface area contributed by atoms with Crippen LogP contribution in [0, 0.1) is 11.3 Å². The first kappa shape index (κ1) is 36.5. The topological polar surface area (TPSA) is 111 Å². The van der Waals surface area contributed by atoms with Crippen molar-refractivity contribution in [3.63, 3.8) is 0 Å². The molecule has 250 valence electrons. The molecule has 1 aliphatic carbocycles. The van der Waals surface area contributed by atoms with Crippen molar-refractivity contribution >= 4 is 16.9 Å². The summed E-state index contributed by atoms with van der Waals surface area (Å²) in [5, 5.41) is 24.8. The van der Waals surface area contributed by atoms with Gasteiger partial charge in [0.05, 0.1) is 31.9 Å². The maximum Gasteiger partial charge on any atom is 0.323 e. The van der Waals surface area contributed by atoms with Crippen LogP contribution in [0.4, 0.5) is 0 Å². The lowest BCUT2D eigenvalue weighted by Crippen LogP contribution is -2.48. The number of likely N-dealkylation sites (N-methyl/N-ethyl adjacent to an activating group) is 1. The number of aliphatic hydroxyl groups excluding tert-OH is 2. The normalized spacial score (nSPS) is 18.7. The van der Waals surface area contributed by atoms with E-state index in [0.717, 1.165) is 18.5 Å². The summed E-state index contributed by atoms with van der Waals surface area (Å²) in [5.74, 6) is 1.08. The Morgan fingerprint density at radius 3 is 2.33 bits per heavy atom. The smallest absolute Gasteiger partial charge is 0.323 e. The molecule has 2 aromatic rings. The monoisotopic (exact) mass is 626 g/mol. The minimum atomic E-state index is -0.938. The largest absolute Gasteiger partial charge is 0.491 e. The third-order valence-corrected chi connectivity index (χ3v) is 7.40. The molecule has 1 aliphatic rings. The van der Waals surface area contributed by atoms with E-state index >= 15 is 0 Å². The summed E-state index contributed by atoms with van der Waals surface area (Å²) in [7, 11) is 0. The highest BCUT2D eigenvalue weighted by atomic mass is 16.6. The van der Waals surface area contributed by atoms with Crippen LogP contribution in [-0.4, -0.2) is 85.2 Å². The first-order valence-electron chi connectivity index (χ1n) is 16.2. The Morgan fingerprint density at radius 1 is 0.978 bits per heavy atom. The van der Waals surface area contributed by atoms with Crippen molar-refractivity contribution in [3.8, 4) is 5.75 Å². The Hall–Kier alpha value is -2.95. The fourth-order valence-electron chi connectivity index (χ4n) is 5.20. The Labute approximate surface area is 268 Å². The number of fused-ring (bicyclic) bond motifs is 1. The van der Waals surface area contributed by atoms with Gasteiger partial charge >= 0.3 is 5.97 Å². The molecule has 0 saturated carbocycles. The molecule has 1 heterocycles. The first-order chi connectivity index (χ1) is 21.5. The lowest BCUT2D eigenvalue weighted by molar-refractivity contribution is -0.153. The van der Waals surface area contributed by atoms with E-state index in [1.807, 2.05) is 33.8 Å². The molecule has 3 rings (SSSR count). The lowest BCUT2D eigenvalue weighted by Gasteiger charge is -2.29. The predicted octanol–water partition coefficient (Wildman–Crippen LogP) is 5.15. The fourth-order valence-corrected chi connectivity index (χ4v) is 5.20. The second-order valence-electron chi connectivity index (χ2n) is 13.1. The average molecular weight is 627 g/mol. The zero-order valence-electron chi connectivity index (χ0n) is 27.9. The Balaban J connectivity index is 1.41. The van der Waals surface area contributed by atoms with Gasteiger partial charge in [-0.1, -0.05) is 78.0 Å². The minimum Gasteiger partial charge on any atom is -0.491 e. The van der Waals surface area contributed by atoms with Gasteiger partial charge in [-0.25, -0.2) is 0 Å². The number of nitrogens with one attached hydrogen (secondary N) is 1. The number of rotatable bonds is 18. The van der Waals surface area contributed by atoms with Crippen molar-refractivity contribution in [2.24, 2.45) is 11.3 Å². The second kappa shape index (κ2) is 18.3. The molecule has 3 N–H and O–H groups in total. The van der Waals surface area contributed by atoms with Gasteiger partial charge in [0, 0.05) is 29.6 Å². The van der Waals surface area contributed by atoms with Crippen molar-refractivity contribution in [2.75, 3.05) is 46.2 Å². The van der Waals surface area contributed by atoms with Gasteiger partial charge in [0.15, 0.2) is 0 Å². The Morgan fingerprint density at radius 2 is 1.67 bits per heavy atom. The van der Waals surface area contributed by atoms with E-state index in [0.29, 0.717) is 24.1 Å². The third kappa shape index (κ3) is 12.1. The number of hydrogen-bond donors (Lipinski definition) is 3. The number of carbonyl (C=O) groups excluding carboxylic acids is 1. The zero-order valence-corrected chi connectivity index (χ0v) is 27.9. The number of nitrogens with zero attached hydrogens (tertiary/aromatic N) is 1. The van der Waals surface area contributed by atoms with Crippen LogP contribution < -0.4 is 10.1 Å². The van der Waals surface area contributed by atoms with Gasteiger partial charge in [-0.3, -0.25) is 4.79 Å². The zero-order chi connectivity index (χ0) is 32.8. The SMILES string of the molecule is CCNC(C(=O)OCC(O)COCCOCC(O)COc1ccc2cc(C3C=C/C=C\C=C/C3)n(CC(C)C)c2c1)C(C)(C)C. The summed E-state index contributed by atoms with van der Waals surface area (Å²) < 4.78 is 24.6. The quantitative estimate of drug-likeness (QED) is 0.154. The van der Waals surface area contributed by atoms with E-state index in [1.165, 1.54) is 11.1 Å². The van der Waals surface area contributed by atoms with Crippen LogP contribution in [0.5, 0.6) is 5.75 Å². The van der Waals surface area contributed by atoms with Crippen LogP contribution in [0.1, 0.15) is 59.6 Å². The summed E-state index contributed by atoms with van der Waals surface area (Å²) in [6, 6.07) is 7.89. The van der Waals surface area contributed by atoms with Crippen LogP contribution in [-0.2, 0) is 25.5 Å². The molecule has 9 heteroatoms. The molecule has 9 nitrogen and oxygen atoms in total. The second-order valence-corrected chi connectivity index (χ2v) is 13.1. The van der Waals surface area contributed by atoms with Crippen molar-refractivity contribution in [1.82, 2.24) is 9.88 Å². The summed E-state index contributed by atoms with van der Waals surface area (Å²) >= 11 is 0. The third-order valence-electron chi connectivity index (χ3n) is 7.40. The van der Waals surface area contributed by atoms with Crippen molar-refractivity contribution in [1.29, 1.82) is 0 Å². The van der Waals surface area contributed by atoms with E-state index in [4.69, 9.17) is 18.9 Å². The van der Waals surface area contributed by atoms with Crippen molar-refractivity contribution in [2.45, 2.75) is 78.7 Å². The van der Waals surface area contributed by atoms with E-state index in [2.05, 4.69) is 78.4 Å². The number of aliphatic hydroxyl groups is 2. The van der Waals surface area contributed by atoms with Crippen LogP contribution >= 0.6 is 0 Å². The average Bonchev–Trinajstić information content (AvgIpc) is 3.31. The van der Waals surface area contributed by atoms with E-state index in [9.17, 15) is 15.0 Å². The first-order valence-corrected chi connectivity index (χ1v) is 16.2. The Kier molecular flexibility index (Phi) is 14.8. The molecule has 1 aromatic heterocycles. The van der Waals surface area contributed by atoms with E-state index < -0.39 is 24.2 Å². The van der Waals surface area contributed by atoms with Crippen LogP contribution in [0.2, 0.25) is 0 Å². The lowest BCUT2D eigenvalue weighted by atomic mass is 9.87. The van der Waals surface area contributed by atoms with Gasteiger partial charge in [0.1, 0.15) is 37.2 Å². The highest BCUT2D eigenvalue weighted by molar-refractivity contribution is 5.83. The molecular formula is C36H54N2O7. The highest BCUT2D eigenvalue weighted by Crippen LogP contribution is 2.32. The van der Waals surface area contributed by atoms with Gasteiger partial charge in [0.2, 0.25) is 0 Å². The number of hydrogen-bond acceptors (Lipinski definition) is 8. The number of ether oxygens (including phenoxy) is 4. The molecule has 0 radical (unpaired) electrons. The van der Waals surface area contributed by atoms with Crippen LogP contribution in [0.15, 0.2) is 60.7 Å². The molecular weight excluding hydrogens is 572 g/mol. The van der Waals surface area contributed by atoms with Gasteiger partial charge in [-0.2, -0.15) is 0 Å². The predicted molar refractivity (Wildman–Crippen MR) is 179 cm³/mol. The summed E-state index contributed by atoms with van der Waals surface area (Å²) in [6.45, 7) is 14.3. The van der Waals surface area contributed by atoms with Gasteiger partial charge in [-0.15, -0.1) is 0 Å². The van der Waals surface area contributed by atoms with E-state index in [-0.39, 0.29) is 45.1 Å². The number of esters is 1. The van der Waals surface area contributed by atoms with Gasteiger partial charge < -0.3 is 39.0 Å². The van der Waals surface area contributed by atoms with Crippen LogP contribution in [0.25, 0.3) is 10.9 Å². The van der Waals surface area contributed by atoms with Crippen molar-refractivity contribution < 1.29 is 34.0 Å². The number of benzene rings is 1. The minimum absolute atomic E-state index is 0.0111. The molecule has 0 amide bonds. The maximum absolute atomic E-state index is 12.4. The summed E-state index contributed by atoms with van der Waals surface area (Å²) in [4.78, 5) is 12.4. The number of allylic oxidation sites excluding steroid dienone is 6. The molecule has 4 unspecified atom stereocenters. The standard InChI is InChI=1S/C36H54N2O7/c1-7-37-34(36(4,5)6)35(41)45-25-30(40)23-43-18-17-42-22-29(39)24-44-31-16-15-28-19-32(27-13-11-9-8-10-12-14-27)38(21-26(2)3)33(28)20-31/h8-13,15-16,19-20,26-27,29-30,34,37,39-40H,7,14,17-18,21-25H2,1-6H3/b9-8-,12-10-,13-11?. The number of aromatic nitrogens is 1. The molecule has 0 saturated heterocycles. The molecule has 4 atom stereocenters. The van der Waals surface area contributed by atoms with Crippen molar-refractivity contribution in [3.05, 3.63) is 66.4 Å². The molecule has 0 aliphatic heterocycles. The highest BCUT2D eigenvalue weighted by Gasteiger charge is 2.32. The molecule has 0 bridgehead atoms. The molecule has 0 fully saturated rings. The van der Waals surface area contributed by atoms with E-state index in [1.54, 1.807) is 0 Å². The van der Waals surface area contributed by atoms with Gasteiger partial charge in [0.25, 0.3) is 0 Å². The summed E-state index contributed by atoms with van der Waals surface area (Å²) in [6.07, 6.45) is 12.0. The molecule has 0 spiro atoms. The maximum atomic E-state index is 12.4.